The molecule has 2 N–H and O–H groups in total. The molecule has 7 nitrogen and oxygen atoms in total. The monoisotopic (exact) mass is 508 g/mol. The zero-order valence-corrected chi connectivity index (χ0v) is 22.5. The summed E-state index contributed by atoms with van der Waals surface area (Å²) in [6.45, 7) is 10.1. The van der Waals surface area contributed by atoms with Gasteiger partial charge >= 0.3 is 0 Å². The number of benzene rings is 3. The Balaban J connectivity index is 1.63. The summed E-state index contributed by atoms with van der Waals surface area (Å²) in [6.07, 6.45) is 2.47. The van der Waals surface area contributed by atoms with Crippen LogP contribution in [0.5, 0.6) is 0 Å². The smallest absolute Gasteiger partial charge is 0.293 e. The van der Waals surface area contributed by atoms with Crippen LogP contribution in [0.25, 0.3) is 11.3 Å². The first-order valence-corrected chi connectivity index (χ1v) is 12.4. The van der Waals surface area contributed by atoms with E-state index >= 15 is 0 Å². The Morgan fingerprint density at radius 1 is 1.00 bits per heavy atom. The maximum atomic E-state index is 13.0. The lowest BCUT2D eigenvalue weighted by molar-refractivity contribution is 0.102. The van der Waals surface area contributed by atoms with Crippen LogP contribution in [0, 0.1) is 13.8 Å². The summed E-state index contributed by atoms with van der Waals surface area (Å²) in [5.41, 5.74) is 6.36. The van der Waals surface area contributed by atoms with E-state index < -0.39 is 0 Å². The van der Waals surface area contributed by atoms with Crippen molar-refractivity contribution in [2.24, 2.45) is 7.05 Å². The first-order valence-electron chi connectivity index (χ1n) is 12.4. The molecule has 0 aliphatic rings. The van der Waals surface area contributed by atoms with Crippen molar-refractivity contribution in [3.63, 3.8) is 0 Å². The van der Waals surface area contributed by atoms with Crippen molar-refractivity contribution in [2.75, 3.05) is 10.6 Å². The zero-order chi connectivity index (χ0) is 27.6. The molecule has 7 heteroatoms. The first-order chi connectivity index (χ1) is 18.0. The van der Waals surface area contributed by atoms with E-state index in [0.29, 0.717) is 28.2 Å². The highest BCUT2D eigenvalue weighted by molar-refractivity contribution is 6.05. The Labute approximate surface area is 222 Å². The van der Waals surface area contributed by atoms with Crippen molar-refractivity contribution in [3.05, 3.63) is 105 Å². The van der Waals surface area contributed by atoms with Gasteiger partial charge in [0, 0.05) is 41.3 Å². The molecule has 0 unspecified atom stereocenters. The van der Waals surface area contributed by atoms with Crippen LogP contribution >= 0.6 is 0 Å². The van der Waals surface area contributed by atoms with E-state index in [1.807, 2.05) is 56.3 Å². The number of nitrogens with one attached hydrogen (secondary N) is 2. The number of hydrogen-bond acceptors (Lipinski definition) is 5. The molecule has 194 valence electrons. The molecular weight excluding hydrogens is 476 g/mol. The Bertz CT molecular complexity index is 1580. The third kappa shape index (κ3) is 5.57. The molecule has 0 saturated heterocycles. The largest absolute Gasteiger partial charge is 0.336 e. The summed E-state index contributed by atoms with van der Waals surface area (Å²) >= 11 is 0. The molecule has 1 amide bonds. The second-order valence-corrected chi connectivity index (χ2v) is 10.5. The van der Waals surface area contributed by atoms with Gasteiger partial charge in [0.1, 0.15) is 6.29 Å². The fraction of sp³-hybridized carbons (Fsp3) is 0.226. The van der Waals surface area contributed by atoms with Crippen molar-refractivity contribution >= 4 is 29.4 Å². The molecule has 0 spiro atoms. The standard InChI is InChI=1S/C31H32N4O3/c1-19-16-24(15-12-22(19)18-36)32-28-30(38)35(6)17-27(33-28)25-8-7-9-26(20(25)2)34-29(37)21-10-13-23(14-11-21)31(3,4)5/h7-18H,1-6H3,(H,32,33)(H,34,37). The van der Waals surface area contributed by atoms with Gasteiger partial charge in [0.2, 0.25) is 0 Å². The average Bonchev–Trinajstić information content (AvgIpc) is 2.87. The third-order valence-corrected chi connectivity index (χ3v) is 6.60. The molecule has 0 fully saturated rings. The molecular formula is C31H32N4O3. The Morgan fingerprint density at radius 2 is 1.71 bits per heavy atom. The highest BCUT2D eigenvalue weighted by atomic mass is 16.1. The maximum Gasteiger partial charge on any atom is 0.293 e. The number of anilines is 3. The fourth-order valence-electron chi connectivity index (χ4n) is 4.20. The second-order valence-electron chi connectivity index (χ2n) is 10.5. The highest BCUT2D eigenvalue weighted by Gasteiger charge is 2.17. The van der Waals surface area contributed by atoms with E-state index in [9.17, 15) is 14.4 Å². The van der Waals surface area contributed by atoms with Crippen LogP contribution in [0.3, 0.4) is 0 Å². The number of aryl methyl sites for hydroxylation is 2. The summed E-state index contributed by atoms with van der Waals surface area (Å²) in [5.74, 6) is -0.0355. The number of carbonyl (C=O) groups excluding carboxylic acids is 2. The van der Waals surface area contributed by atoms with E-state index in [1.54, 1.807) is 31.4 Å². The number of hydrogen-bond donors (Lipinski definition) is 2. The van der Waals surface area contributed by atoms with Crippen LogP contribution in [0.1, 0.15) is 58.2 Å². The molecule has 0 aliphatic heterocycles. The molecule has 38 heavy (non-hydrogen) atoms. The molecule has 4 aromatic rings. The number of rotatable bonds is 6. The van der Waals surface area contributed by atoms with Crippen LogP contribution in [0.4, 0.5) is 17.2 Å². The first kappa shape index (κ1) is 26.5. The minimum atomic E-state index is -0.285. The minimum Gasteiger partial charge on any atom is -0.336 e. The predicted octanol–water partition coefficient (Wildman–Crippen LogP) is 6.17. The van der Waals surface area contributed by atoms with Gasteiger partial charge in [-0.3, -0.25) is 14.4 Å². The lowest BCUT2D eigenvalue weighted by Crippen LogP contribution is -2.21. The number of amides is 1. The summed E-state index contributed by atoms with van der Waals surface area (Å²) in [5, 5.41) is 6.10. The molecule has 0 aliphatic carbocycles. The van der Waals surface area contributed by atoms with E-state index in [-0.39, 0.29) is 22.7 Å². The van der Waals surface area contributed by atoms with Crippen LogP contribution in [0.15, 0.2) is 71.7 Å². The highest BCUT2D eigenvalue weighted by Crippen LogP contribution is 2.29. The Kier molecular flexibility index (Phi) is 7.30. The summed E-state index contributed by atoms with van der Waals surface area (Å²) in [6, 6.07) is 18.5. The summed E-state index contributed by atoms with van der Waals surface area (Å²) in [7, 11) is 1.67. The lowest BCUT2D eigenvalue weighted by atomic mass is 9.86. The molecule has 1 heterocycles. The molecule has 4 rings (SSSR count). The van der Waals surface area contributed by atoms with Gasteiger partial charge in [0.15, 0.2) is 5.82 Å². The van der Waals surface area contributed by atoms with Gasteiger partial charge in [-0.1, -0.05) is 45.0 Å². The molecule has 3 aromatic carbocycles. The van der Waals surface area contributed by atoms with Crippen molar-refractivity contribution < 1.29 is 9.59 Å². The van der Waals surface area contributed by atoms with Gasteiger partial charge < -0.3 is 15.2 Å². The van der Waals surface area contributed by atoms with Gasteiger partial charge in [0.05, 0.1) is 5.69 Å². The van der Waals surface area contributed by atoms with Gasteiger partial charge in [-0.15, -0.1) is 0 Å². The molecule has 1 aromatic heterocycles. The van der Waals surface area contributed by atoms with Gasteiger partial charge in [-0.2, -0.15) is 0 Å². The van der Waals surface area contributed by atoms with E-state index in [1.165, 1.54) is 4.57 Å². The predicted molar refractivity (Wildman–Crippen MR) is 153 cm³/mol. The fourth-order valence-corrected chi connectivity index (χ4v) is 4.20. The van der Waals surface area contributed by atoms with Crippen LogP contribution < -0.4 is 16.2 Å². The van der Waals surface area contributed by atoms with Crippen molar-refractivity contribution in [2.45, 2.75) is 40.0 Å². The van der Waals surface area contributed by atoms with Gasteiger partial charge in [0.25, 0.3) is 11.5 Å². The van der Waals surface area contributed by atoms with Gasteiger partial charge in [-0.05, 0) is 72.4 Å². The second kappa shape index (κ2) is 10.5. The van der Waals surface area contributed by atoms with Crippen LogP contribution in [-0.4, -0.2) is 21.7 Å². The molecule has 0 saturated carbocycles. The number of carbonyl (C=O) groups is 2. The van der Waals surface area contributed by atoms with Gasteiger partial charge in [-0.25, -0.2) is 4.98 Å². The normalized spacial score (nSPS) is 11.2. The van der Waals surface area contributed by atoms with Crippen LogP contribution in [0.2, 0.25) is 0 Å². The molecule has 0 atom stereocenters. The minimum absolute atomic E-state index is 0.00815. The topological polar surface area (TPSA) is 93.1 Å². The molecule has 0 bridgehead atoms. The van der Waals surface area contributed by atoms with E-state index in [2.05, 4.69) is 36.4 Å². The van der Waals surface area contributed by atoms with E-state index in [4.69, 9.17) is 0 Å². The average molecular weight is 509 g/mol. The Hall–Kier alpha value is -4.52. The summed E-state index contributed by atoms with van der Waals surface area (Å²) < 4.78 is 1.47. The zero-order valence-electron chi connectivity index (χ0n) is 22.5. The lowest BCUT2D eigenvalue weighted by Gasteiger charge is -2.19. The number of aldehydes is 1. The van der Waals surface area contributed by atoms with Crippen molar-refractivity contribution in [1.82, 2.24) is 9.55 Å². The third-order valence-electron chi connectivity index (χ3n) is 6.60. The number of aromatic nitrogens is 2. The van der Waals surface area contributed by atoms with Crippen LogP contribution in [-0.2, 0) is 12.5 Å². The number of nitrogens with zero attached hydrogens (tertiary/aromatic N) is 2. The van der Waals surface area contributed by atoms with E-state index in [0.717, 1.165) is 28.5 Å². The van der Waals surface area contributed by atoms with Crippen molar-refractivity contribution in [3.8, 4) is 11.3 Å². The maximum absolute atomic E-state index is 13.0. The summed E-state index contributed by atoms with van der Waals surface area (Å²) in [4.78, 5) is 41.6. The van der Waals surface area contributed by atoms with Crippen molar-refractivity contribution in [1.29, 1.82) is 0 Å². The quantitative estimate of drug-likeness (QED) is 0.304. The SMILES string of the molecule is Cc1cc(Nc2nc(-c3cccc(NC(=O)c4ccc(C(C)(C)C)cc4)c3C)cn(C)c2=O)ccc1C=O. The molecule has 0 radical (unpaired) electrons. The Morgan fingerprint density at radius 3 is 2.34 bits per heavy atom.